The van der Waals surface area contributed by atoms with Crippen LogP contribution in [0.15, 0.2) is 81.6 Å². The summed E-state index contributed by atoms with van der Waals surface area (Å²) >= 11 is 4.40. The molecule has 0 aliphatic carbocycles. The van der Waals surface area contributed by atoms with Crippen molar-refractivity contribution in [2.24, 2.45) is 0 Å². The average Bonchev–Trinajstić information content (AvgIpc) is 3.56. The molecule has 62 heavy (non-hydrogen) atoms. The number of rotatable bonds is 6. The molecule has 3 heterocycles. The fourth-order valence-electron chi connectivity index (χ4n) is 10.4. The minimum Gasteiger partial charge on any atom is -0.427 e. The van der Waals surface area contributed by atoms with Crippen molar-refractivity contribution in [1.29, 1.82) is 0 Å². The average molecular weight is 1050 g/mol. The molecule has 2 aliphatic heterocycles. The second-order valence-electron chi connectivity index (χ2n) is 19.9. The minimum atomic E-state index is -4.12. The summed E-state index contributed by atoms with van der Waals surface area (Å²) in [5.74, 6) is 0.177. The number of esters is 1. The van der Waals surface area contributed by atoms with Crippen LogP contribution in [0.3, 0.4) is 0 Å². The van der Waals surface area contributed by atoms with Crippen molar-refractivity contribution < 1.29 is 22.6 Å². The van der Waals surface area contributed by atoms with Gasteiger partial charge in [0, 0.05) is 28.2 Å². The first kappa shape index (κ1) is 43.2. The highest BCUT2D eigenvalue weighted by Gasteiger charge is 2.57. The monoisotopic (exact) mass is 1050 g/mol. The molecule has 4 nitrogen and oxygen atoms in total. The van der Waals surface area contributed by atoms with Crippen molar-refractivity contribution >= 4 is 112 Å². The van der Waals surface area contributed by atoms with Crippen molar-refractivity contribution in [3.8, 4) is 5.75 Å². The molecule has 1 aromatic heterocycles. The molecule has 0 saturated heterocycles. The van der Waals surface area contributed by atoms with Gasteiger partial charge in [0.15, 0.2) is 5.70 Å². The van der Waals surface area contributed by atoms with E-state index in [0.29, 0.717) is 35.0 Å². The van der Waals surface area contributed by atoms with Gasteiger partial charge in [-0.25, -0.2) is 0 Å². The predicted octanol–water partition coefficient (Wildman–Crippen LogP) is 15.1. The van der Waals surface area contributed by atoms with Crippen LogP contribution in [0.1, 0.15) is 119 Å². The Morgan fingerprint density at radius 3 is 1.94 bits per heavy atom. The Morgan fingerprint density at radius 1 is 0.758 bits per heavy atom. The van der Waals surface area contributed by atoms with Crippen LogP contribution in [-0.4, -0.2) is 27.6 Å². The van der Waals surface area contributed by atoms with Crippen LogP contribution in [0.5, 0.6) is 5.75 Å². The predicted molar refractivity (Wildman–Crippen MR) is 273 cm³/mol. The second kappa shape index (κ2) is 14.7. The summed E-state index contributed by atoms with van der Waals surface area (Å²) in [5.41, 5.74) is 11.2. The van der Waals surface area contributed by atoms with Gasteiger partial charge < -0.3 is 22.3 Å². The van der Waals surface area contributed by atoms with Crippen LogP contribution in [0.4, 0.5) is 8.63 Å². The standard InChI is InChI=1S/C53H53BF2I2N2O2/c1-27-21-37(22-28(2)44(27)47-50-29(3)48(57)31(5)59(50)54(55,56)60-32(6)49(58)30(4)51(47)60)62-43(61)18-13-15-33-19-20-40-42-26-36(53(10,11)12)24-34-23-35(52(7,8)9)25-41(45(34)42)39-17-14-16-38(33)46(39)40/h14,16-17,19-26H,13,15,18H2,1-12H3. The van der Waals surface area contributed by atoms with Crippen molar-refractivity contribution in [3.63, 3.8) is 0 Å². The summed E-state index contributed by atoms with van der Waals surface area (Å²) < 4.78 is 43.5. The van der Waals surface area contributed by atoms with Crippen molar-refractivity contribution in [2.75, 3.05) is 0 Å². The number of ether oxygens (including phenoxy) is 1. The summed E-state index contributed by atoms with van der Waals surface area (Å²) in [6.45, 7) is 21.0. The topological polar surface area (TPSA) is 34.2 Å². The maximum absolute atomic E-state index is 16.6. The number of carbonyl (C=O) groups excluding carboxylic acids is 1. The highest BCUT2D eigenvalue weighted by molar-refractivity contribution is 14.1. The summed E-state index contributed by atoms with van der Waals surface area (Å²) in [6.07, 6.45) is 1.63. The lowest BCUT2D eigenvalue weighted by Gasteiger charge is -2.34. The van der Waals surface area contributed by atoms with Crippen LogP contribution >= 0.6 is 45.2 Å². The van der Waals surface area contributed by atoms with Gasteiger partial charge in [-0.2, -0.15) is 0 Å². The molecule has 0 N–H and O–H groups in total. The van der Waals surface area contributed by atoms with E-state index in [1.807, 2.05) is 39.8 Å². The molecular weight excluding hydrogens is 999 g/mol. The third-order valence-corrected chi connectivity index (χ3v) is 16.8. The first-order chi connectivity index (χ1) is 29.0. The van der Waals surface area contributed by atoms with Crippen molar-refractivity contribution in [3.05, 3.63) is 135 Å². The smallest absolute Gasteiger partial charge is 0.427 e. The van der Waals surface area contributed by atoms with Crippen LogP contribution in [0.25, 0.3) is 48.7 Å². The van der Waals surface area contributed by atoms with Gasteiger partial charge in [0.25, 0.3) is 0 Å². The number of hydrogen-bond acceptors (Lipinski definition) is 2. The van der Waals surface area contributed by atoms with Gasteiger partial charge in [-0.15, -0.1) is 0 Å². The molecule has 0 atom stereocenters. The van der Waals surface area contributed by atoms with E-state index in [2.05, 4.69) is 141 Å². The molecule has 0 saturated carbocycles. The van der Waals surface area contributed by atoms with Crippen LogP contribution < -0.4 is 4.74 Å². The Morgan fingerprint density at radius 2 is 1.34 bits per heavy atom. The van der Waals surface area contributed by atoms with Crippen LogP contribution in [0.2, 0.25) is 0 Å². The van der Waals surface area contributed by atoms with Crippen molar-refractivity contribution in [1.82, 2.24) is 4.48 Å². The summed E-state index contributed by atoms with van der Waals surface area (Å²) in [5, 5.41) is 10.2. The lowest BCUT2D eigenvalue weighted by molar-refractivity contribution is -0.363. The molecule has 0 bridgehead atoms. The zero-order valence-electron chi connectivity index (χ0n) is 37.8. The molecule has 0 amide bonds. The van der Waals surface area contributed by atoms with Gasteiger partial charge in [-0.05, 0) is 215 Å². The van der Waals surface area contributed by atoms with Gasteiger partial charge in [0.2, 0.25) is 0 Å². The third-order valence-electron chi connectivity index (χ3n) is 13.6. The number of fused-ring (bicyclic) bond motifs is 4. The van der Waals surface area contributed by atoms with E-state index in [1.54, 1.807) is 13.8 Å². The van der Waals surface area contributed by atoms with E-state index in [9.17, 15) is 4.79 Å². The Hall–Kier alpha value is -4.10. The van der Waals surface area contributed by atoms with Crippen LogP contribution in [0, 0.1) is 31.3 Å². The largest absolute Gasteiger partial charge is 0.737 e. The van der Waals surface area contributed by atoms with Crippen molar-refractivity contribution in [2.45, 2.75) is 113 Å². The normalized spacial score (nSPS) is 15.6. The summed E-state index contributed by atoms with van der Waals surface area (Å²) in [7, 11) is 0. The van der Waals surface area contributed by atoms with Gasteiger partial charge in [-0.1, -0.05) is 84.0 Å². The van der Waals surface area contributed by atoms with E-state index >= 15 is 8.63 Å². The number of nitrogens with zero attached hydrogens (tertiary/aromatic N) is 2. The van der Waals surface area contributed by atoms with Crippen LogP contribution in [-0.2, 0) is 22.0 Å². The molecule has 9 rings (SSSR count). The molecule has 318 valence electrons. The zero-order chi connectivity index (χ0) is 44.7. The molecule has 0 radical (unpaired) electrons. The molecule has 7 aromatic rings. The molecule has 6 aromatic carbocycles. The highest BCUT2D eigenvalue weighted by atomic mass is 127. The van der Waals surface area contributed by atoms with Gasteiger partial charge >= 0.3 is 12.9 Å². The van der Waals surface area contributed by atoms with E-state index in [-0.39, 0.29) is 23.2 Å². The lowest BCUT2D eigenvalue weighted by atomic mass is 9.79. The number of aryl methyl sites for hydroxylation is 3. The SMILES string of the molecule is CC1=C(I)C(C)=[N+]2C1=C(c1c(C)cc(OC(=O)CCCc3ccc4c5cc(C(C)(C)C)cc6cc(C(C)(C)C)cc(c7cccc3c74)c65)cc1C)c1c(C)c(I)c(C)n1[B-]2(F)F. The molecule has 0 spiro atoms. The fourth-order valence-corrected chi connectivity index (χ4v) is 11.5. The fraction of sp³-hybridized carbons (Fsp3) is 0.321. The third kappa shape index (κ3) is 6.51. The first-order valence-corrected chi connectivity index (χ1v) is 23.8. The lowest BCUT2D eigenvalue weighted by Crippen LogP contribution is -2.51. The molecule has 9 heteroatoms. The Labute approximate surface area is 391 Å². The Kier molecular flexibility index (Phi) is 10.3. The maximum atomic E-state index is 16.6. The number of carbonyl (C=O) groups is 1. The number of halogens is 4. The number of benzene rings is 6. The number of allylic oxidation sites excluding steroid dienone is 2. The number of aromatic nitrogens is 1. The Balaban J connectivity index is 1.03. The van der Waals surface area contributed by atoms with E-state index in [1.165, 1.54) is 68.7 Å². The summed E-state index contributed by atoms with van der Waals surface area (Å²) in [4.78, 5) is 13.6. The van der Waals surface area contributed by atoms with E-state index in [4.69, 9.17) is 4.74 Å². The first-order valence-electron chi connectivity index (χ1n) is 21.7. The maximum Gasteiger partial charge on any atom is 0.737 e. The highest BCUT2D eigenvalue weighted by Crippen LogP contribution is 2.50. The van der Waals surface area contributed by atoms with Gasteiger partial charge in [0.1, 0.15) is 11.5 Å². The second-order valence-corrected chi connectivity index (χ2v) is 22.0. The molecule has 0 fully saturated rings. The van der Waals surface area contributed by atoms with E-state index in [0.717, 1.165) is 47.0 Å². The Bertz CT molecular complexity index is 3140. The summed E-state index contributed by atoms with van der Waals surface area (Å²) in [6, 6.07) is 24.6. The van der Waals surface area contributed by atoms with E-state index < -0.39 is 6.97 Å². The number of hydrogen-bond donors (Lipinski definition) is 0. The van der Waals surface area contributed by atoms with Gasteiger partial charge in [-0.3, -0.25) is 4.79 Å². The minimum absolute atomic E-state index is 0.00348. The quantitative estimate of drug-likeness (QED) is 0.0415. The van der Waals surface area contributed by atoms with Gasteiger partial charge in [0.05, 0.1) is 9.15 Å². The molecular formula is C53H53BF2I2N2O2. The molecule has 2 aliphatic rings. The zero-order valence-corrected chi connectivity index (χ0v) is 42.1. The molecule has 0 unspecified atom stereocenters.